The Morgan fingerprint density at radius 1 is 1.38 bits per heavy atom. The molecule has 2 atom stereocenters. The van der Waals surface area contributed by atoms with Gasteiger partial charge >= 0.3 is 0 Å². The molecule has 3 nitrogen and oxygen atoms in total. The summed E-state index contributed by atoms with van der Waals surface area (Å²) in [7, 11) is 0. The van der Waals surface area contributed by atoms with Gasteiger partial charge in [-0.05, 0) is 6.07 Å². The zero-order chi connectivity index (χ0) is 9.26. The van der Waals surface area contributed by atoms with E-state index in [1.54, 1.807) is 22.9 Å². The summed E-state index contributed by atoms with van der Waals surface area (Å²) in [6, 6.07) is 5.08. The summed E-state index contributed by atoms with van der Waals surface area (Å²) in [6.45, 7) is 0. The first-order chi connectivity index (χ1) is 6.27. The molecule has 0 fully saturated rings. The average Bonchev–Trinajstić information content (AvgIpc) is 2.53. The van der Waals surface area contributed by atoms with Crippen molar-refractivity contribution in [1.29, 1.82) is 0 Å². The summed E-state index contributed by atoms with van der Waals surface area (Å²) in [5.41, 5.74) is -0.0220. The molecule has 3 heteroatoms. The Morgan fingerprint density at radius 2 is 2.23 bits per heavy atom. The summed E-state index contributed by atoms with van der Waals surface area (Å²) in [5, 5.41) is 9.25. The highest BCUT2D eigenvalue weighted by atomic mass is 16.3. The number of nitrogens with zero attached hydrogens (tertiary/aromatic N) is 1. The topological polar surface area (TPSA) is 42.2 Å². The molecular weight excluding hydrogens is 166 g/mol. The van der Waals surface area contributed by atoms with E-state index in [2.05, 4.69) is 0 Å². The molecule has 13 heavy (non-hydrogen) atoms. The maximum atomic E-state index is 11.4. The first-order valence-corrected chi connectivity index (χ1v) is 4.31. The largest absolute Gasteiger partial charge is 0.389 e. The summed E-state index contributed by atoms with van der Waals surface area (Å²) in [6.07, 6.45) is 5.53. The summed E-state index contributed by atoms with van der Waals surface area (Å²) < 4.78 is 1.63. The van der Waals surface area contributed by atoms with Crippen molar-refractivity contribution in [2.45, 2.75) is 18.6 Å². The quantitative estimate of drug-likeness (QED) is 0.642. The molecule has 1 heterocycles. The number of aromatic nitrogens is 1. The fourth-order valence-electron chi connectivity index (χ4n) is 1.58. The number of aliphatic hydroxyl groups is 1. The van der Waals surface area contributed by atoms with Crippen LogP contribution in [0.1, 0.15) is 12.5 Å². The van der Waals surface area contributed by atoms with Gasteiger partial charge in [0.05, 0.1) is 12.1 Å². The van der Waals surface area contributed by atoms with Crippen LogP contribution >= 0.6 is 0 Å². The van der Waals surface area contributed by atoms with Crippen LogP contribution in [0.5, 0.6) is 0 Å². The van der Waals surface area contributed by atoms with Gasteiger partial charge in [0.2, 0.25) is 0 Å². The van der Waals surface area contributed by atoms with E-state index in [4.69, 9.17) is 0 Å². The van der Waals surface area contributed by atoms with Crippen LogP contribution in [-0.2, 0) is 0 Å². The summed E-state index contributed by atoms with van der Waals surface area (Å²) in [4.78, 5) is 11.4. The van der Waals surface area contributed by atoms with Crippen LogP contribution in [0.3, 0.4) is 0 Å². The minimum atomic E-state index is -0.405. The number of pyridine rings is 1. The molecule has 1 aromatic rings. The van der Waals surface area contributed by atoms with E-state index in [-0.39, 0.29) is 11.6 Å². The molecule has 2 rings (SSSR count). The smallest absolute Gasteiger partial charge is 0.251 e. The van der Waals surface area contributed by atoms with Crippen molar-refractivity contribution in [2.24, 2.45) is 0 Å². The molecule has 0 saturated heterocycles. The number of rotatable bonds is 1. The number of aliphatic hydroxyl groups excluding tert-OH is 1. The van der Waals surface area contributed by atoms with Crippen LogP contribution in [0.15, 0.2) is 41.3 Å². The minimum absolute atomic E-state index is 0.0173. The SMILES string of the molecule is O=c1ccccn1C1C=CC(O)C1. The monoisotopic (exact) mass is 177 g/mol. The third-order valence-corrected chi connectivity index (χ3v) is 2.25. The highest BCUT2D eigenvalue weighted by molar-refractivity contribution is 5.08. The van der Waals surface area contributed by atoms with Crippen molar-refractivity contribution >= 4 is 0 Å². The molecule has 1 aromatic heterocycles. The molecule has 1 aliphatic rings. The molecule has 0 aliphatic heterocycles. The molecule has 0 aromatic carbocycles. The van der Waals surface area contributed by atoms with Crippen molar-refractivity contribution in [2.75, 3.05) is 0 Å². The number of allylic oxidation sites excluding steroid dienone is 1. The molecule has 0 spiro atoms. The van der Waals surface area contributed by atoms with Crippen molar-refractivity contribution < 1.29 is 5.11 Å². The van der Waals surface area contributed by atoms with Gasteiger partial charge in [-0.25, -0.2) is 0 Å². The van der Waals surface area contributed by atoms with Crippen molar-refractivity contribution in [3.8, 4) is 0 Å². The molecule has 68 valence electrons. The number of hydrogen-bond donors (Lipinski definition) is 1. The van der Waals surface area contributed by atoms with E-state index in [1.807, 2.05) is 12.1 Å². The highest BCUT2D eigenvalue weighted by Gasteiger charge is 2.17. The zero-order valence-electron chi connectivity index (χ0n) is 7.13. The third kappa shape index (κ3) is 1.55. The van der Waals surface area contributed by atoms with E-state index >= 15 is 0 Å². The molecule has 0 saturated carbocycles. The number of hydrogen-bond acceptors (Lipinski definition) is 2. The van der Waals surface area contributed by atoms with Gasteiger partial charge in [0, 0.05) is 18.7 Å². The second kappa shape index (κ2) is 3.18. The van der Waals surface area contributed by atoms with Gasteiger partial charge in [-0.15, -0.1) is 0 Å². The second-order valence-corrected chi connectivity index (χ2v) is 3.20. The van der Waals surface area contributed by atoms with Crippen LogP contribution in [0.2, 0.25) is 0 Å². The lowest BCUT2D eigenvalue weighted by Gasteiger charge is -2.11. The molecule has 2 unspecified atom stereocenters. The molecule has 1 aliphatic carbocycles. The van der Waals surface area contributed by atoms with Gasteiger partial charge in [-0.3, -0.25) is 4.79 Å². The molecular formula is C10H11NO2. The molecule has 1 N–H and O–H groups in total. The van der Waals surface area contributed by atoms with Gasteiger partial charge in [-0.2, -0.15) is 0 Å². The predicted molar refractivity (Wildman–Crippen MR) is 49.5 cm³/mol. The first kappa shape index (κ1) is 8.26. The first-order valence-electron chi connectivity index (χ1n) is 4.31. The Labute approximate surface area is 75.9 Å². The van der Waals surface area contributed by atoms with E-state index in [0.29, 0.717) is 6.42 Å². The Balaban J connectivity index is 2.32. The lowest BCUT2D eigenvalue weighted by molar-refractivity contribution is 0.210. The van der Waals surface area contributed by atoms with Crippen LogP contribution < -0.4 is 5.56 Å². The Morgan fingerprint density at radius 3 is 2.85 bits per heavy atom. The maximum absolute atomic E-state index is 11.4. The zero-order valence-corrected chi connectivity index (χ0v) is 7.13. The Hall–Kier alpha value is -1.35. The van der Waals surface area contributed by atoms with Gasteiger partial charge in [0.25, 0.3) is 5.56 Å². The Bertz CT molecular complexity index is 381. The van der Waals surface area contributed by atoms with E-state index in [1.165, 1.54) is 6.07 Å². The standard InChI is InChI=1S/C10H11NO2/c12-9-5-4-8(7-9)11-6-2-1-3-10(11)13/h1-6,8-9,12H,7H2. The van der Waals surface area contributed by atoms with Crippen molar-refractivity contribution in [1.82, 2.24) is 4.57 Å². The fraction of sp³-hybridized carbons (Fsp3) is 0.300. The van der Waals surface area contributed by atoms with Crippen LogP contribution in [0, 0.1) is 0 Å². The Kier molecular flexibility index (Phi) is 2.02. The van der Waals surface area contributed by atoms with Crippen molar-refractivity contribution in [3.63, 3.8) is 0 Å². The second-order valence-electron chi connectivity index (χ2n) is 3.20. The lowest BCUT2D eigenvalue weighted by Crippen LogP contribution is -2.21. The average molecular weight is 177 g/mol. The summed E-state index contributed by atoms with van der Waals surface area (Å²) in [5.74, 6) is 0. The normalized spacial score (nSPS) is 26.5. The van der Waals surface area contributed by atoms with Gasteiger partial charge in [0.1, 0.15) is 0 Å². The minimum Gasteiger partial charge on any atom is -0.389 e. The van der Waals surface area contributed by atoms with Crippen LogP contribution in [0.4, 0.5) is 0 Å². The summed E-state index contributed by atoms with van der Waals surface area (Å²) >= 11 is 0. The predicted octanol–water partition coefficient (Wildman–Crippen LogP) is 0.710. The van der Waals surface area contributed by atoms with Crippen molar-refractivity contribution in [3.05, 3.63) is 46.9 Å². The van der Waals surface area contributed by atoms with E-state index < -0.39 is 6.10 Å². The molecule has 0 bridgehead atoms. The molecule has 0 amide bonds. The van der Waals surface area contributed by atoms with Crippen LogP contribution in [0.25, 0.3) is 0 Å². The third-order valence-electron chi connectivity index (χ3n) is 2.25. The van der Waals surface area contributed by atoms with E-state index in [0.717, 1.165) is 0 Å². The fourth-order valence-corrected chi connectivity index (χ4v) is 1.58. The highest BCUT2D eigenvalue weighted by Crippen LogP contribution is 2.20. The van der Waals surface area contributed by atoms with Crippen LogP contribution in [-0.4, -0.2) is 15.8 Å². The molecule has 0 radical (unpaired) electrons. The van der Waals surface area contributed by atoms with E-state index in [9.17, 15) is 9.90 Å². The van der Waals surface area contributed by atoms with Gasteiger partial charge in [0.15, 0.2) is 0 Å². The van der Waals surface area contributed by atoms with Gasteiger partial charge < -0.3 is 9.67 Å². The maximum Gasteiger partial charge on any atom is 0.251 e. The van der Waals surface area contributed by atoms with Gasteiger partial charge in [-0.1, -0.05) is 18.2 Å². The lowest BCUT2D eigenvalue weighted by atomic mass is 10.2.